The summed E-state index contributed by atoms with van der Waals surface area (Å²) >= 11 is 1.90. The Bertz CT molecular complexity index is 3450. The van der Waals surface area contributed by atoms with Gasteiger partial charge in [-0.15, -0.1) is 11.3 Å². The second-order valence-corrected chi connectivity index (χ2v) is 16.2. The number of hydrogen-bond donors (Lipinski definition) is 0. The monoisotopic (exact) mass is 738 g/mol. The molecular formula is C56H34S. The van der Waals surface area contributed by atoms with Crippen LogP contribution in [0.3, 0.4) is 0 Å². The molecule has 0 aliphatic heterocycles. The molecule has 0 N–H and O–H groups in total. The smallest absolute Gasteiger partial charge is 0.0361 e. The van der Waals surface area contributed by atoms with Crippen molar-refractivity contribution in [2.24, 2.45) is 0 Å². The van der Waals surface area contributed by atoms with Crippen LogP contribution in [0.2, 0.25) is 0 Å². The van der Waals surface area contributed by atoms with Gasteiger partial charge < -0.3 is 0 Å². The van der Waals surface area contributed by atoms with Gasteiger partial charge in [0.25, 0.3) is 0 Å². The molecule has 1 heterocycles. The Kier molecular flexibility index (Phi) is 7.20. The van der Waals surface area contributed by atoms with Crippen LogP contribution in [0.25, 0.3) is 119 Å². The Hall–Kier alpha value is -7.06. The van der Waals surface area contributed by atoms with E-state index in [1.807, 2.05) is 11.3 Å². The zero-order chi connectivity index (χ0) is 37.5. The quantitative estimate of drug-likeness (QED) is 0.158. The van der Waals surface area contributed by atoms with E-state index in [9.17, 15) is 0 Å². The van der Waals surface area contributed by atoms with Crippen molar-refractivity contribution >= 4 is 85.4 Å². The predicted molar refractivity (Wildman–Crippen MR) is 249 cm³/mol. The van der Waals surface area contributed by atoms with Crippen molar-refractivity contribution in [1.29, 1.82) is 0 Å². The molecule has 0 bridgehead atoms. The van der Waals surface area contributed by atoms with E-state index < -0.39 is 0 Å². The van der Waals surface area contributed by atoms with Gasteiger partial charge in [-0.1, -0.05) is 194 Å². The van der Waals surface area contributed by atoms with E-state index in [0.717, 1.165) is 0 Å². The molecule has 12 aromatic rings. The maximum Gasteiger partial charge on any atom is 0.0361 e. The summed E-state index contributed by atoms with van der Waals surface area (Å²) in [7, 11) is 0. The lowest BCUT2D eigenvalue weighted by Crippen LogP contribution is -1.91. The van der Waals surface area contributed by atoms with Gasteiger partial charge >= 0.3 is 0 Å². The highest BCUT2D eigenvalue weighted by atomic mass is 32.1. The first-order valence-corrected chi connectivity index (χ1v) is 20.5. The Balaban J connectivity index is 1.11. The normalized spacial score (nSPS) is 11.9. The number of benzene rings is 11. The Morgan fingerprint density at radius 1 is 0.246 bits per heavy atom. The summed E-state index contributed by atoms with van der Waals surface area (Å²) in [5, 5.41) is 15.4. The van der Waals surface area contributed by atoms with Gasteiger partial charge in [0.05, 0.1) is 0 Å². The third kappa shape index (κ3) is 4.86. The number of hydrogen-bond acceptors (Lipinski definition) is 1. The zero-order valence-corrected chi connectivity index (χ0v) is 31.9. The second-order valence-electron chi connectivity index (χ2n) is 15.1. The average Bonchev–Trinajstić information content (AvgIpc) is 3.66. The van der Waals surface area contributed by atoms with Gasteiger partial charge in [0.15, 0.2) is 0 Å². The van der Waals surface area contributed by atoms with Gasteiger partial charge in [-0.25, -0.2) is 0 Å². The highest BCUT2D eigenvalue weighted by molar-refractivity contribution is 7.26. The standard InChI is InChI=1S/C56H34S/c1-2-17-36(18-3-1)52-40-21-6-12-27-46(40)55(47-28-13-7-22-41(47)52)49-30-15-31-50-56(49)48-33-32-37(34-51(48)57-50)53-42-23-8-10-25-44(42)54(45-26-11-9-24-43(45)53)39-29-14-19-35-16-4-5-20-38(35)39/h1-34H. The molecule has 57 heavy (non-hydrogen) atoms. The van der Waals surface area contributed by atoms with E-state index in [2.05, 4.69) is 206 Å². The van der Waals surface area contributed by atoms with Crippen molar-refractivity contribution in [2.75, 3.05) is 0 Å². The number of thiophene rings is 1. The fourth-order valence-corrected chi connectivity index (χ4v) is 10.9. The third-order valence-corrected chi connectivity index (χ3v) is 13.2. The zero-order valence-electron chi connectivity index (χ0n) is 31.0. The summed E-state index contributed by atoms with van der Waals surface area (Å²) in [5.41, 5.74) is 10.2. The molecule has 0 aliphatic rings. The summed E-state index contributed by atoms with van der Waals surface area (Å²) < 4.78 is 2.61. The lowest BCUT2D eigenvalue weighted by molar-refractivity contribution is 1.67. The largest absolute Gasteiger partial charge is 0.135 e. The van der Waals surface area contributed by atoms with Crippen LogP contribution in [-0.2, 0) is 0 Å². The van der Waals surface area contributed by atoms with Gasteiger partial charge in [-0.05, 0) is 111 Å². The first-order chi connectivity index (χ1) is 28.3. The summed E-state index contributed by atoms with van der Waals surface area (Å²) in [6, 6.07) is 76.4. The molecule has 11 aromatic carbocycles. The molecular weight excluding hydrogens is 705 g/mol. The van der Waals surface area contributed by atoms with Gasteiger partial charge in [-0.2, -0.15) is 0 Å². The third-order valence-electron chi connectivity index (χ3n) is 12.0. The van der Waals surface area contributed by atoms with Crippen molar-refractivity contribution in [1.82, 2.24) is 0 Å². The fourth-order valence-electron chi connectivity index (χ4n) is 9.70. The number of fused-ring (bicyclic) bond motifs is 8. The molecule has 0 atom stereocenters. The van der Waals surface area contributed by atoms with Crippen LogP contribution < -0.4 is 0 Å². The summed E-state index contributed by atoms with van der Waals surface area (Å²) in [6.07, 6.45) is 0. The number of rotatable bonds is 4. The first kappa shape index (κ1) is 32.2. The van der Waals surface area contributed by atoms with Crippen LogP contribution >= 0.6 is 11.3 Å². The van der Waals surface area contributed by atoms with E-state index in [4.69, 9.17) is 0 Å². The van der Waals surface area contributed by atoms with Crippen LogP contribution in [0.1, 0.15) is 0 Å². The summed E-state index contributed by atoms with van der Waals surface area (Å²) in [6.45, 7) is 0. The van der Waals surface area contributed by atoms with Crippen molar-refractivity contribution in [3.63, 3.8) is 0 Å². The van der Waals surface area contributed by atoms with Crippen LogP contribution in [-0.4, -0.2) is 0 Å². The lowest BCUT2D eigenvalue weighted by atomic mass is 9.84. The molecule has 1 aromatic heterocycles. The molecule has 0 radical (unpaired) electrons. The molecule has 1 heteroatoms. The molecule has 0 aliphatic carbocycles. The van der Waals surface area contributed by atoms with E-state index in [0.29, 0.717) is 0 Å². The molecule has 0 nitrogen and oxygen atoms in total. The van der Waals surface area contributed by atoms with Crippen LogP contribution in [0, 0.1) is 0 Å². The van der Waals surface area contributed by atoms with E-state index in [1.165, 1.54) is 119 Å². The minimum atomic E-state index is 1.24. The average molecular weight is 739 g/mol. The molecule has 0 unspecified atom stereocenters. The molecule has 264 valence electrons. The maximum absolute atomic E-state index is 2.45. The molecule has 0 fully saturated rings. The summed E-state index contributed by atoms with van der Waals surface area (Å²) in [4.78, 5) is 0. The highest BCUT2D eigenvalue weighted by Crippen LogP contribution is 2.50. The molecule has 0 spiro atoms. The van der Waals surface area contributed by atoms with Crippen LogP contribution in [0.4, 0.5) is 0 Å². The van der Waals surface area contributed by atoms with Gasteiger partial charge in [0.2, 0.25) is 0 Å². The Morgan fingerprint density at radius 2 is 0.684 bits per heavy atom. The predicted octanol–water partition coefficient (Wildman–Crippen LogP) is 16.5. The van der Waals surface area contributed by atoms with Crippen molar-refractivity contribution in [2.45, 2.75) is 0 Å². The van der Waals surface area contributed by atoms with Gasteiger partial charge in [0, 0.05) is 20.2 Å². The van der Waals surface area contributed by atoms with Crippen molar-refractivity contribution in [3.8, 4) is 44.5 Å². The first-order valence-electron chi connectivity index (χ1n) is 19.7. The highest BCUT2D eigenvalue weighted by Gasteiger charge is 2.21. The minimum absolute atomic E-state index is 1.24. The van der Waals surface area contributed by atoms with Gasteiger partial charge in [0.1, 0.15) is 0 Å². The van der Waals surface area contributed by atoms with Crippen LogP contribution in [0.5, 0.6) is 0 Å². The molecule has 0 saturated carbocycles. The maximum atomic E-state index is 2.45. The van der Waals surface area contributed by atoms with Crippen LogP contribution in [0.15, 0.2) is 206 Å². The fraction of sp³-hybridized carbons (Fsp3) is 0. The lowest BCUT2D eigenvalue weighted by Gasteiger charge is -2.19. The molecule has 12 rings (SSSR count). The Labute approximate surface area is 334 Å². The molecule has 0 amide bonds. The van der Waals surface area contributed by atoms with Crippen molar-refractivity contribution < 1.29 is 0 Å². The summed E-state index contributed by atoms with van der Waals surface area (Å²) in [5.74, 6) is 0. The van der Waals surface area contributed by atoms with Gasteiger partial charge in [-0.3, -0.25) is 0 Å². The minimum Gasteiger partial charge on any atom is -0.135 e. The van der Waals surface area contributed by atoms with E-state index >= 15 is 0 Å². The molecule has 0 saturated heterocycles. The van der Waals surface area contributed by atoms with E-state index in [1.54, 1.807) is 0 Å². The van der Waals surface area contributed by atoms with Crippen molar-refractivity contribution in [3.05, 3.63) is 206 Å². The Morgan fingerprint density at radius 3 is 1.28 bits per heavy atom. The second kappa shape index (κ2) is 12.7. The topological polar surface area (TPSA) is 0 Å². The SMILES string of the molecule is c1ccc(-c2c3ccccc3c(-c3cccc4sc5cc(-c6c7ccccc7c(-c7cccc8ccccc78)c7ccccc67)ccc5c34)c3ccccc23)cc1. The van der Waals surface area contributed by atoms with E-state index in [-0.39, 0.29) is 0 Å².